The molecule has 0 spiro atoms. The third kappa shape index (κ3) is 3.46. The van der Waals surface area contributed by atoms with E-state index < -0.39 is 17.8 Å². The second-order valence-electron chi connectivity index (χ2n) is 5.27. The first-order valence-electron chi connectivity index (χ1n) is 6.96. The largest absolute Gasteiger partial charge is 0.433 e. The van der Waals surface area contributed by atoms with Crippen LogP contribution in [0.25, 0.3) is 0 Å². The topological polar surface area (TPSA) is 59.2 Å². The lowest BCUT2D eigenvalue weighted by Gasteiger charge is -2.33. The zero-order valence-corrected chi connectivity index (χ0v) is 11.8. The number of pyridine rings is 1. The Bertz CT molecular complexity index is 527. The van der Waals surface area contributed by atoms with Gasteiger partial charge in [0.25, 0.3) is 5.91 Å². The summed E-state index contributed by atoms with van der Waals surface area (Å²) in [6.07, 6.45) is -1.29. The lowest BCUT2D eigenvalue weighted by molar-refractivity contribution is -0.141. The quantitative estimate of drug-likeness (QED) is 0.909. The summed E-state index contributed by atoms with van der Waals surface area (Å²) in [5, 5.41) is 0. The van der Waals surface area contributed by atoms with Crippen LogP contribution in [0.4, 0.5) is 19.0 Å². The van der Waals surface area contributed by atoms with Crippen molar-refractivity contribution in [2.45, 2.75) is 32.4 Å². The fraction of sp³-hybridized carbons (Fsp3) is 0.571. The van der Waals surface area contributed by atoms with Crippen molar-refractivity contribution in [1.82, 2.24) is 4.98 Å². The molecule has 1 aliphatic carbocycles. The van der Waals surface area contributed by atoms with Gasteiger partial charge in [-0.15, -0.1) is 0 Å². The van der Waals surface area contributed by atoms with Crippen molar-refractivity contribution < 1.29 is 18.0 Å². The lowest BCUT2D eigenvalue weighted by Crippen LogP contribution is -2.35. The van der Waals surface area contributed by atoms with Crippen molar-refractivity contribution in [3.05, 3.63) is 23.4 Å². The van der Waals surface area contributed by atoms with Gasteiger partial charge in [-0.25, -0.2) is 4.98 Å². The number of primary amides is 1. The Morgan fingerprint density at radius 1 is 1.43 bits per heavy atom. The van der Waals surface area contributed by atoms with Gasteiger partial charge in [0.1, 0.15) is 11.5 Å². The van der Waals surface area contributed by atoms with E-state index in [4.69, 9.17) is 5.73 Å². The molecular weight excluding hydrogens is 283 g/mol. The minimum atomic E-state index is -4.54. The number of carbonyl (C=O) groups is 1. The molecule has 0 aromatic carbocycles. The van der Waals surface area contributed by atoms with Crippen LogP contribution >= 0.6 is 0 Å². The summed E-state index contributed by atoms with van der Waals surface area (Å²) < 4.78 is 38.4. The highest BCUT2D eigenvalue weighted by molar-refractivity contribution is 5.97. The molecule has 2 N–H and O–H groups in total. The van der Waals surface area contributed by atoms with Crippen LogP contribution in [0, 0.1) is 5.92 Å². The van der Waals surface area contributed by atoms with Crippen LogP contribution in [-0.4, -0.2) is 24.0 Å². The van der Waals surface area contributed by atoms with Crippen molar-refractivity contribution in [3.8, 4) is 0 Å². The number of aromatic nitrogens is 1. The van der Waals surface area contributed by atoms with Crippen molar-refractivity contribution in [2.75, 3.05) is 18.0 Å². The predicted molar refractivity (Wildman–Crippen MR) is 73.0 cm³/mol. The molecule has 0 radical (unpaired) electrons. The normalized spacial score (nSPS) is 15.6. The van der Waals surface area contributed by atoms with Gasteiger partial charge < -0.3 is 10.6 Å². The predicted octanol–water partition coefficient (Wildman–Crippen LogP) is 2.83. The average Bonchev–Trinajstić information content (AvgIpc) is 2.36. The first-order valence-corrected chi connectivity index (χ1v) is 6.96. The summed E-state index contributed by atoms with van der Waals surface area (Å²) in [6.45, 7) is 2.90. The van der Waals surface area contributed by atoms with Crippen LogP contribution < -0.4 is 10.6 Å². The molecule has 1 aromatic rings. The van der Waals surface area contributed by atoms with Crippen LogP contribution in [0.3, 0.4) is 0 Å². The SMILES string of the molecule is CCN(CC1CCC1)c1nc(C(F)(F)F)ccc1C(N)=O. The molecule has 0 bridgehead atoms. The van der Waals surface area contributed by atoms with E-state index in [-0.39, 0.29) is 11.4 Å². The summed E-state index contributed by atoms with van der Waals surface area (Å²) in [4.78, 5) is 16.8. The Hall–Kier alpha value is -1.79. The molecule has 1 amide bonds. The molecule has 0 saturated heterocycles. The fourth-order valence-corrected chi connectivity index (χ4v) is 2.39. The summed E-state index contributed by atoms with van der Waals surface area (Å²) >= 11 is 0. The van der Waals surface area contributed by atoms with E-state index in [0.717, 1.165) is 31.4 Å². The molecule has 0 aliphatic heterocycles. The highest BCUT2D eigenvalue weighted by Gasteiger charge is 2.34. The van der Waals surface area contributed by atoms with Gasteiger partial charge in [-0.1, -0.05) is 6.42 Å². The van der Waals surface area contributed by atoms with E-state index in [0.29, 0.717) is 19.0 Å². The van der Waals surface area contributed by atoms with Gasteiger partial charge in [-0.3, -0.25) is 4.79 Å². The Morgan fingerprint density at radius 2 is 2.10 bits per heavy atom. The summed E-state index contributed by atoms with van der Waals surface area (Å²) in [7, 11) is 0. The third-order valence-electron chi connectivity index (χ3n) is 3.82. The van der Waals surface area contributed by atoms with Crippen LogP contribution in [-0.2, 0) is 6.18 Å². The van der Waals surface area contributed by atoms with Gasteiger partial charge in [-0.05, 0) is 37.8 Å². The second-order valence-corrected chi connectivity index (χ2v) is 5.27. The van der Waals surface area contributed by atoms with E-state index in [1.165, 1.54) is 0 Å². The molecule has 1 aromatic heterocycles. The zero-order valence-electron chi connectivity index (χ0n) is 11.8. The number of amides is 1. The lowest BCUT2D eigenvalue weighted by atomic mass is 9.85. The maximum atomic E-state index is 12.8. The van der Waals surface area contributed by atoms with Gasteiger partial charge in [0.2, 0.25) is 0 Å². The molecule has 2 rings (SSSR count). The molecule has 1 aliphatic rings. The van der Waals surface area contributed by atoms with E-state index in [1.54, 1.807) is 4.90 Å². The Morgan fingerprint density at radius 3 is 2.52 bits per heavy atom. The van der Waals surface area contributed by atoms with Crippen molar-refractivity contribution >= 4 is 11.7 Å². The van der Waals surface area contributed by atoms with Gasteiger partial charge in [0.05, 0.1) is 5.56 Å². The van der Waals surface area contributed by atoms with E-state index >= 15 is 0 Å². The first kappa shape index (κ1) is 15.6. The Labute approximate surface area is 121 Å². The van der Waals surface area contributed by atoms with Crippen molar-refractivity contribution in [1.29, 1.82) is 0 Å². The van der Waals surface area contributed by atoms with Crippen LogP contribution in [0.2, 0.25) is 0 Å². The minimum absolute atomic E-state index is 0.0316. The van der Waals surface area contributed by atoms with Gasteiger partial charge >= 0.3 is 6.18 Å². The zero-order chi connectivity index (χ0) is 15.6. The van der Waals surface area contributed by atoms with E-state index in [1.807, 2.05) is 6.92 Å². The number of hydrogen-bond acceptors (Lipinski definition) is 3. The number of carbonyl (C=O) groups excluding carboxylic acids is 1. The molecule has 1 saturated carbocycles. The van der Waals surface area contributed by atoms with Crippen LogP contribution in [0.5, 0.6) is 0 Å². The highest BCUT2D eigenvalue weighted by Crippen LogP contribution is 2.32. The molecule has 21 heavy (non-hydrogen) atoms. The second kappa shape index (κ2) is 5.91. The van der Waals surface area contributed by atoms with Gasteiger partial charge in [0, 0.05) is 13.1 Å². The molecule has 0 unspecified atom stereocenters. The van der Waals surface area contributed by atoms with Crippen molar-refractivity contribution in [3.63, 3.8) is 0 Å². The maximum Gasteiger partial charge on any atom is 0.433 e. The fourth-order valence-electron chi connectivity index (χ4n) is 2.39. The first-order chi connectivity index (χ1) is 9.82. The monoisotopic (exact) mass is 301 g/mol. The number of nitrogens with zero attached hydrogens (tertiary/aromatic N) is 2. The average molecular weight is 301 g/mol. The standard InChI is InChI=1S/C14H18F3N3O/c1-2-20(8-9-4-3-5-9)13-10(12(18)21)6-7-11(19-13)14(15,16)17/h6-7,9H,2-5,8H2,1H3,(H2,18,21). The summed E-state index contributed by atoms with van der Waals surface area (Å²) in [6, 6.07) is 1.90. The van der Waals surface area contributed by atoms with E-state index in [9.17, 15) is 18.0 Å². The number of halogens is 3. The number of rotatable bonds is 5. The Kier molecular flexibility index (Phi) is 4.39. The number of anilines is 1. The van der Waals surface area contributed by atoms with Crippen LogP contribution in [0.1, 0.15) is 42.2 Å². The minimum Gasteiger partial charge on any atom is -0.365 e. The Balaban J connectivity index is 2.38. The van der Waals surface area contributed by atoms with Gasteiger partial charge in [-0.2, -0.15) is 13.2 Å². The highest BCUT2D eigenvalue weighted by atomic mass is 19.4. The number of nitrogens with two attached hydrogens (primary N) is 1. The van der Waals surface area contributed by atoms with Crippen LogP contribution in [0.15, 0.2) is 12.1 Å². The van der Waals surface area contributed by atoms with E-state index in [2.05, 4.69) is 4.98 Å². The molecule has 116 valence electrons. The number of alkyl halides is 3. The van der Waals surface area contributed by atoms with Crippen molar-refractivity contribution in [2.24, 2.45) is 11.7 Å². The molecule has 7 heteroatoms. The smallest absolute Gasteiger partial charge is 0.365 e. The van der Waals surface area contributed by atoms with Gasteiger partial charge in [0.15, 0.2) is 0 Å². The molecule has 4 nitrogen and oxygen atoms in total. The maximum absolute atomic E-state index is 12.8. The molecule has 1 fully saturated rings. The summed E-state index contributed by atoms with van der Waals surface area (Å²) in [5.41, 5.74) is 4.28. The summed E-state index contributed by atoms with van der Waals surface area (Å²) in [5.74, 6) is -0.285. The molecule has 1 heterocycles. The number of hydrogen-bond donors (Lipinski definition) is 1. The third-order valence-corrected chi connectivity index (χ3v) is 3.82. The molecule has 0 atom stereocenters. The molecular formula is C14H18F3N3O.